The van der Waals surface area contributed by atoms with Gasteiger partial charge in [0.25, 0.3) is 5.91 Å². The number of carbonyl (C=O) groups is 1. The molecule has 0 fully saturated rings. The van der Waals surface area contributed by atoms with Crippen molar-refractivity contribution in [1.29, 1.82) is 0 Å². The number of nitrogens with zero attached hydrogens (tertiary/aromatic N) is 1. The average Bonchev–Trinajstić information content (AvgIpc) is 2.39. The molecule has 4 nitrogen and oxygen atoms in total. The zero-order valence-corrected chi connectivity index (χ0v) is 10.8. The topological polar surface area (TPSA) is 49.8 Å². The Kier molecular flexibility index (Phi) is 5.69. The third kappa shape index (κ3) is 4.17. The number of aliphatic hydroxyl groups excluding tert-OH is 1. The first-order valence-corrected chi connectivity index (χ1v) is 5.96. The number of rotatable bonds is 6. The summed E-state index contributed by atoms with van der Waals surface area (Å²) < 4.78 is 28.2. The van der Waals surface area contributed by atoms with Gasteiger partial charge in [-0.25, -0.2) is 0 Å². The normalized spacial score (nSPS) is 12.3. The summed E-state index contributed by atoms with van der Waals surface area (Å²) in [7, 11) is 0. The van der Waals surface area contributed by atoms with E-state index in [0.717, 1.165) is 0 Å². The van der Waals surface area contributed by atoms with Crippen LogP contribution in [0.1, 0.15) is 24.2 Å². The van der Waals surface area contributed by atoms with Gasteiger partial charge in [0, 0.05) is 12.1 Å². The fraction of sp³-hybridized carbons (Fsp3) is 0.462. The lowest BCUT2D eigenvalue weighted by Crippen LogP contribution is -2.40. The number of likely N-dealkylation sites (N-methyl/N-ethyl adjacent to an activating group) is 1. The Morgan fingerprint density at radius 1 is 1.37 bits per heavy atom. The van der Waals surface area contributed by atoms with Crippen LogP contribution in [0.25, 0.3) is 0 Å². The minimum Gasteiger partial charge on any atom is -0.435 e. The standard InChI is InChI=1S/C13H17F2NO3/c1-3-16(9(2)8-17)12(18)10-4-6-11(7-5-10)19-13(14)15/h4-7,9,13,17H,3,8H2,1-2H3/t9-/m1/s1. The maximum Gasteiger partial charge on any atom is 0.387 e. The van der Waals surface area contributed by atoms with Crippen molar-refractivity contribution in [2.75, 3.05) is 13.2 Å². The molecule has 0 spiro atoms. The van der Waals surface area contributed by atoms with Gasteiger partial charge in [0.2, 0.25) is 0 Å². The highest BCUT2D eigenvalue weighted by Crippen LogP contribution is 2.16. The maximum atomic E-state index is 12.1. The highest BCUT2D eigenvalue weighted by atomic mass is 19.3. The van der Waals surface area contributed by atoms with Crippen molar-refractivity contribution in [3.63, 3.8) is 0 Å². The van der Waals surface area contributed by atoms with Crippen LogP contribution >= 0.6 is 0 Å². The lowest BCUT2D eigenvalue weighted by atomic mass is 10.1. The summed E-state index contributed by atoms with van der Waals surface area (Å²) >= 11 is 0. The van der Waals surface area contributed by atoms with Crippen LogP contribution in [0.2, 0.25) is 0 Å². The van der Waals surface area contributed by atoms with E-state index < -0.39 is 6.61 Å². The summed E-state index contributed by atoms with van der Waals surface area (Å²) in [6.45, 7) is 0.971. The number of aliphatic hydroxyl groups is 1. The number of amides is 1. The van der Waals surface area contributed by atoms with Gasteiger partial charge in [-0.15, -0.1) is 0 Å². The second kappa shape index (κ2) is 7.04. The van der Waals surface area contributed by atoms with Crippen LogP contribution in [0, 0.1) is 0 Å². The predicted molar refractivity (Wildman–Crippen MR) is 66.3 cm³/mol. The van der Waals surface area contributed by atoms with Gasteiger partial charge >= 0.3 is 6.61 Å². The molecule has 0 aliphatic rings. The number of benzene rings is 1. The Hall–Kier alpha value is -1.69. The van der Waals surface area contributed by atoms with Crippen molar-refractivity contribution in [2.24, 2.45) is 0 Å². The lowest BCUT2D eigenvalue weighted by molar-refractivity contribution is -0.0498. The zero-order chi connectivity index (χ0) is 14.4. The Morgan fingerprint density at radius 2 is 1.95 bits per heavy atom. The number of alkyl halides is 2. The molecule has 1 aromatic rings. The minimum absolute atomic E-state index is 0.00445. The highest BCUT2D eigenvalue weighted by Gasteiger charge is 2.19. The monoisotopic (exact) mass is 273 g/mol. The first-order valence-electron chi connectivity index (χ1n) is 5.96. The van der Waals surface area contributed by atoms with Gasteiger partial charge in [0.1, 0.15) is 5.75 Å². The first-order chi connectivity index (χ1) is 8.99. The number of halogens is 2. The smallest absolute Gasteiger partial charge is 0.387 e. The van der Waals surface area contributed by atoms with Crippen molar-refractivity contribution in [3.05, 3.63) is 29.8 Å². The first kappa shape index (κ1) is 15.4. The van der Waals surface area contributed by atoms with E-state index in [1.54, 1.807) is 13.8 Å². The largest absolute Gasteiger partial charge is 0.435 e. The molecule has 0 aliphatic heterocycles. The summed E-state index contributed by atoms with van der Waals surface area (Å²) in [4.78, 5) is 13.6. The van der Waals surface area contributed by atoms with Crippen LogP contribution in [-0.2, 0) is 0 Å². The van der Waals surface area contributed by atoms with E-state index in [0.29, 0.717) is 12.1 Å². The van der Waals surface area contributed by atoms with Crippen molar-refractivity contribution in [2.45, 2.75) is 26.5 Å². The fourth-order valence-corrected chi connectivity index (χ4v) is 1.70. The van der Waals surface area contributed by atoms with Gasteiger partial charge in [-0.1, -0.05) is 0 Å². The SMILES string of the molecule is CCN(C(=O)c1ccc(OC(F)F)cc1)[C@H](C)CO. The van der Waals surface area contributed by atoms with E-state index >= 15 is 0 Å². The average molecular weight is 273 g/mol. The van der Waals surface area contributed by atoms with Crippen LogP contribution < -0.4 is 4.74 Å². The van der Waals surface area contributed by atoms with Gasteiger partial charge in [0.15, 0.2) is 0 Å². The Morgan fingerprint density at radius 3 is 2.37 bits per heavy atom. The van der Waals surface area contributed by atoms with Gasteiger partial charge < -0.3 is 14.7 Å². The molecule has 0 aliphatic carbocycles. The van der Waals surface area contributed by atoms with E-state index in [9.17, 15) is 13.6 Å². The van der Waals surface area contributed by atoms with E-state index in [4.69, 9.17) is 5.11 Å². The summed E-state index contributed by atoms with van der Waals surface area (Å²) in [5.41, 5.74) is 0.365. The number of hydrogen-bond donors (Lipinski definition) is 1. The molecule has 0 heterocycles. The van der Waals surface area contributed by atoms with Crippen LogP contribution in [0.3, 0.4) is 0 Å². The van der Waals surface area contributed by atoms with Crippen molar-refractivity contribution < 1.29 is 23.4 Å². The van der Waals surface area contributed by atoms with E-state index in [2.05, 4.69) is 4.74 Å². The van der Waals surface area contributed by atoms with E-state index in [1.807, 2.05) is 0 Å². The second-order valence-corrected chi connectivity index (χ2v) is 4.03. The molecule has 1 amide bonds. The van der Waals surface area contributed by atoms with Gasteiger partial charge in [-0.2, -0.15) is 8.78 Å². The number of ether oxygens (including phenoxy) is 1. The molecule has 0 saturated heterocycles. The molecular weight excluding hydrogens is 256 g/mol. The molecule has 0 saturated carbocycles. The molecule has 106 valence electrons. The molecule has 0 bridgehead atoms. The number of carbonyl (C=O) groups excluding carboxylic acids is 1. The third-order valence-electron chi connectivity index (χ3n) is 2.72. The molecule has 0 radical (unpaired) electrons. The Bertz CT molecular complexity index is 409. The molecule has 0 aromatic heterocycles. The van der Waals surface area contributed by atoms with Crippen molar-refractivity contribution in [1.82, 2.24) is 4.90 Å². The highest BCUT2D eigenvalue weighted by molar-refractivity contribution is 5.94. The van der Waals surface area contributed by atoms with Gasteiger partial charge in [-0.3, -0.25) is 4.79 Å². The van der Waals surface area contributed by atoms with Crippen LogP contribution in [0.5, 0.6) is 5.75 Å². The molecule has 19 heavy (non-hydrogen) atoms. The summed E-state index contributed by atoms with van der Waals surface area (Å²) in [6.07, 6.45) is 0. The van der Waals surface area contributed by atoms with Crippen LogP contribution in [-0.4, -0.2) is 41.7 Å². The number of hydrogen-bond acceptors (Lipinski definition) is 3. The summed E-state index contributed by atoms with van der Waals surface area (Å²) in [5, 5.41) is 9.08. The molecule has 6 heteroatoms. The van der Waals surface area contributed by atoms with Gasteiger partial charge in [-0.05, 0) is 38.1 Å². The van der Waals surface area contributed by atoms with E-state index in [1.165, 1.54) is 29.2 Å². The summed E-state index contributed by atoms with van der Waals surface area (Å²) in [5.74, 6) is -0.252. The molecule has 1 aromatic carbocycles. The quantitative estimate of drug-likeness (QED) is 0.863. The van der Waals surface area contributed by atoms with Crippen molar-refractivity contribution in [3.8, 4) is 5.75 Å². The molecular formula is C13H17F2NO3. The zero-order valence-electron chi connectivity index (χ0n) is 10.8. The maximum absolute atomic E-state index is 12.1. The molecule has 1 N–H and O–H groups in total. The van der Waals surface area contributed by atoms with Crippen molar-refractivity contribution >= 4 is 5.91 Å². The Labute approximate surface area is 110 Å². The summed E-state index contributed by atoms with van der Waals surface area (Å²) in [6, 6.07) is 5.18. The third-order valence-corrected chi connectivity index (χ3v) is 2.72. The molecule has 0 unspecified atom stereocenters. The Balaban J connectivity index is 2.82. The van der Waals surface area contributed by atoms with Crippen LogP contribution in [0.15, 0.2) is 24.3 Å². The predicted octanol–water partition coefficient (Wildman–Crippen LogP) is 2.13. The van der Waals surface area contributed by atoms with Gasteiger partial charge in [0.05, 0.1) is 12.6 Å². The van der Waals surface area contributed by atoms with E-state index in [-0.39, 0.29) is 24.3 Å². The fourth-order valence-electron chi connectivity index (χ4n) is 1.70. The lowest BCUT2D eigenvalue weighted by Gasteiger charge is -2.26. The molecule has 1 atom stereocenters. The van der Waals surface area contributed by atoms with Crippen LogP contribution in [0.4, 0.5) is 8.78 Å². The second-order valence-electron chi connectivity index (χ2n) is 4.03. The molecule has 1 rings (SSSR count). The minimum atomic E-state index is -2.89.